The quantitative estimate of drug-likeness (QED) is 0.753. The van der Waals surface area contributed by atoms with E-state index < -0.39 is 0 Å². The molecule has 0 aliphatic carbocycles. The van der Waals surface area contributed by atoms with Crippen LogP contribution in [0.5, 0.6) is 11.5 Å². The zero-order valence-corrected chi connectivity index (χ0v) is 8.97. The fraction of sp³-hybridized carbons (Fsp3) is 0.400. The van der Waals surface area contributed by atoms with Gasteiger partial charge in [0.05, 0.1) is 14.2 Å². The molecule has 0 heterocycles. The molecular weight excluding hydrogens is 184 g/mol. The highest BCUT2D eigenvalue weighted by molar-refractivity contribution is 7.80. The maximum atomic E-state index is 5.22. The first-order chi connectivity index (χ1) is 6.19. The summed E-state index contributed by atoms with van der Waals surface area (Å²) in [4.78, 5) is 0. The molecule has 13 heavy (non-hydrogen) atoms. The summed E-state index contributed by atoms with van der Waals surface area (Å²) in [5.74, 6) is 1.62. The monoisotopic (exact) mass is 198 g/mol. The van der Waals surface area contributed by atoms with Gasteiger partial charge in [-0.2, -0.15) is 12.6 Å². The van der Waals surface area contributed by atoms with Crippen molar-refractivity contribution in [3.8, 4) is 11.5 Å². The van der Waals surface area contributed by atoms with Crippen molar-refractivity contribution in [2.75, 3.05) is 14.2 Å². The lowest BCUT2D eigenvalue weighted by atomic mass is 10.1. The second-order valence-corrected chi connectivity index (χ2v) is 3.56. The average molecular weight is 198 g/mol. The molecule has 0 aliphatic heterocycles. The van der Waals surface area contributed by atoms with Crippen LogP contribution in [-0.4, -0.2) is 14.2 Å². The van der Waals surface area contributed by atoms with Crippen LogP contribution in [0.1, 0.15) is 17.7 Å². The van der Waals surface area contributed by atoms with Gasteiger partial charge in [-0.15, -0.1) is 0 Å². The van der Waals surface area contributed by atoms with Crippen LogP contribution in [0.15, 0.2) is 18.2 Å². The lowest BCUT2D eigenvalue weighted by Gasteiger charge is -2.12. The first kappa shape index (κ1) is 10.3. The molecule has 3 heteroatoms. The third-order valence-corrected chi connectivity index (χ3v) is 2.17. The van der Waals surface area contributed by atoms with Crippen molar-refractivity contribution in [1.29, 1.82) is 0 Å². The minimum Gasteiger partial charge on any atom is -0.497 e. The van der Waals surface area contributed by atoms with E-state index in [0.717, 1.165) is 17.1 Å². The van der Waals surface area contributed by atoms with E-state index in [1.165, 1.54) is 0 Å². The lowest BCUT2D eigenvalue weighted by molar-refractivity contribution is 0.391. The summed E-state index contributed by atoms with van der Waals surface area (Å²) < 4.78 is 10.3. The Morgan fingerprint density at radius 2 is 1.92 bits per heavy atom. The molecule has 1 rings (SSSR count). The van der Waals surface area contributed by atoms with Crippen molar-refractivity contribution in [1.82, 2.24) is 0 Å². The molecule has 1 atom stereocenters. The van der Waals surface area contributed by atoms with E-state index in [1.807, 2.05) is 25.1 Å². The third-order valence-electron chi connectivity index (χ3n) is 1.89. The summed E-state index contributed by atoms with van der Waals surface area (Å²) in [7, 11) is 3.28. The molecule has 0 aliphatic rings. The van der Waals surface area contributed by atoms with Crippen molar-refractivity contribution in [3.63, 3.8) is 0 Å². The Morgan fingerprint density at radius 1 is 1.23 bits per heavy atom. The fourth-order valence-corrected chi connectivity index (χ4v) is 1.38. The smallest absolute Gasteiger partial charge is 0.126 e. The molecule has 1 aromatic carbocycles. The highest BCUT2D eigenvalue weighted by atomic mass is 32.1. The van der Waals surface area contributed by atoms with Gasteiger partial charge in [0.15, 0.2) is 0 Å². The normalized spacial score (nSPS) is 12.3. The number of rotatable bonds is 3. The molecule has 0 saturated heterocycles. The second kappa shape index (κ2) is 4.42. The second-order valence-electron chi connectivity index (χ2n) is 2.78. The SMILES string of the molecule is COc1ccc(C(C)S)c(OC)c1. The first-order valence-electron chi connectivity index (χ1n) is 4.09. The number of thiol groups is 1. The number of methoxy groups -OCH3 is 2. The molecule has 0 fully saturated rings. The predicted octanol–water partition coefficient (Wildman–Crippen LogP) is 2.69. The van der Waals surface area contributed by atoms with E-state index in [-0.39, 0.29) is 5.25 Å². The molecule has 0 saturated carbocycles. The summed E-state index contributed by atoms with van der Waals surface area (Å²) >= 11 is 4.35. The van der Waals surface area contributed by atoms with Gasteiger partial charge in [-0.25, -0.2) is 0 Å². The number of ether oxygens (including phenoxy) is 2. The Kier molecular flexibility index (Phi) is 3.48. The van der Waals surface area contributed by atoms with Gasteiger partial charge in [0.1, 0.15) is 11.5 Å². The van der Waals surface area contributed by atoms with Gasteiger partial charge in [-0.3, -0.25) is 0 Å². The molecule has 2 nitrogen and oxygen atoms in total. The topological polar surface area (TPSA) is 18.5 Å². The Hall–Kier alpha value is -0.830. The van der Waals surface area contributed by atoms with E-state index >= 15 is 0 Å². The van der Waals surface area contributed by atoms with Crippen molar-refractivity contribution in [2.45, 2.75) is 12.2 Å². The Bertz CT molecular complexity index is 284. The molecule has 0 bridgehead atoms. The van der Waals surface area contributed by atoms with E-state index in [2.05, 4.69) is 12.6 Å². The summed E-state index contributed by atoms with van der Waals surface area (Å²) in [6.07, 6.45) is 0. The van der Waals surface area contributed by atoms with E-state index in [1.54, 1.807) is 14.2 Å². The van der Waals surface area contributed by atoms with Gasteiger partial charge >= 0.3 is 0 Å². The Labute approximate surface area is 84.3 Å². The summed E-state index contributed by atoms with van der Waals surface area (Å²) in [5.41, 5.74) is 1.08. The van der Waals surface area contributed by atoms with Crippen LogP contribution in [0.25, 0.3) is 0 Å². The molecule has 72 valence electrons. The number of hydrogen-bond acceptors (Lipinski definition) is 3. The van der Waals surface area contributed by atoms with Gasteiger partial charge in [0.2, 0.25) is 0 Å². The third kappa shape index (κ3) is 2.31. The zero-order valence-electron chi connectivity index (χ0n) is 8.07. The van der Waals surface area contributed by atoms with Crippen molar-refractivity contribution >= 4 is 12.6 Å². The Morgan fingerprint density at radius 3 is 2.38 bits per heavy atom. The molecule has 0 aromatic heterocycles. The zero-order chi connectivity index (χ0) is 9.84. The highest BCUT2D eigenvalue weighted by Crippen LogP contribution is 2.31. The number of hydrogen-bond donors (Lipinski definition) is 1. The number of benzene rings is 1. The summed E-state index contributed by atoms with van der Waals surface area (Å²) in [6, 6.07) is 5.74. The maximum absolute atomic E-state index is 5.22. The van der Waals surface area contributed by atoms with Gasteiger partial charge < -0.3 is 9.47 Å². The standard InChI is InChI=1S/C10H14O2S/c1-7(13)9-5-4-8(11-2)6-10(9)12-3/h4-7,13H,1-3H3. The van der Waals surface area contributed by atoms with Crippen LogP contribution < -0.4 is 9.47 Å². The highest BCUT2D eigenvalue weighted by Gasteiger charge is 2.08. The lowest BCUT2D eigenvalue weighted by Crippen LogP contribution is -1.93. The van der Waals surface area contributed by atoms with Crippen LogP contribution >= 0.6 is 12.6 Å². The minimum atomic E-state index is 0.167. The fourth-order valence-electron chi connectivity index (χ4n) is 1.16. The van der Waals surface area contributed by atoms with Gasteiger partial charge in [-0.05, 0) is 13.0 Å². The molecular formula is C10H14O2S. The minimum absolute atomic E-state index is 0.167. The summed E-state index contributed by atoms with van der Waals surface area (Å²) in [6.45, 7) is 2.01. The van der Waals surface area contributed by atoms with Gasteiger partial charge in [-0.1, -0.05) is 6.07 Å². The summed E-state index contributed by atoms with van der Waals surface area (Å²) in [5, 5.41) is 0.167. The largest absolute Gasteiger partial charge is 0.497 e. The molecule has 0 spiro atoms. The average Bonchev–Trinajstić information content (AvgIpc) is 2.16. The van der Waals surface area contributed by atoms with E-state index in [0.29, 0.717) is 0 Å². The maximum Gasteiger partial charge on any atom is 0.126 e. The molecule has 1 unspecified atom stereocenters. The molecule has 0 radical (unpaired) electrons. The van der Waals surface area contributed by atoms with E-state index in [9.17, 15) is 0 Å². The Balaban J connectivity index is 3.08. The predicted molar refractivity (Wildman–Crippen MR) is 56.9 cm³/mol. The van der Waals surface area contributed by atoms with Crippen LogP contribution in [-0.2, 0) is 0 Å². The molecule has 0 N–H and O–H groups in total. The first-order valence-corrected chi connectivity index (χ1v) is 4.60. The van der Waals surface area contributed by atoms with E-state index in [4.69, 9.17) is 9.47 Å². The van der Waals surface area contributed by atoms with Gasteiger partial charge in [0.25, 0.3) is 0 Å². The van der Waals surface area contributed by atoms with Crippen molar-refractivity contribution in [3.05, 3.63) is 23.8 Å². The van der Waals surface area contributed by atoms with Gasteiger partial charge in [0, 0.05) is 16.9 Å². The van der Waals surface area contributed by atoms with Crippen LogP contribution in [0.4, 0.5) is 0 Å². The van der Waals surface area contributed by atoms with Crippen LogP contribution in [0, 0.1) is 0 Å². The van der Waals surface area contributed by atoms with Crippen LogP contribution in [0.3, 0.4) is 0 Å². The van der Waals surface area contributed by atoms with Crippen LogP contribution in [0.2, 0.25) is 0 Å². The molecule has 1 aromatic rings. The molecule has 0 amide bonds. The van der Waals surface area contributed by atoms with Crippen molar-refractivity contribution < 1.29 is 9.47 Å². The van der Waals surface area contributed by atoms with Crippen molar-refractivity contribution in [2.24, 2.45) is 0 Å².